The zero-order valence-corrected chi connectivity index (χ0v) is 15.7. The van der Waals surface area contributed by atoms with Crippen LogP contribution in [0.3, 0.4) is 0 Å². The predicted octanol–water partition coefficient (Wildman–Crippen LogP) is 4.75. The fraction of sp³-hybridized carbons (Fsp3) is 0.0833. The Labute approximate surface area is 168 Å². The second-order valence-electron chi connectivity index (χ2n) is 6.59. The summed E-state index contributed by atoms with van der Waals surface area (Å²) in [6.45, 7) is 0.539. The second-order valence-corrected chi connectivity index (χ2v) is 6.59. The lowest BCUT2D eigenvalue weighted by atomic mass is 10.1. The molecular weight excluding hydrogens is 364 g/mol. The number of esters is 1. The van der Waals surface area contributed by atoms with Gasteiger partial charge in [-0.15, -0.1) is 0 Å². The standard InChI is InChI=1S/C24H20N2O3/c25-20-13-7-12-19-22(28-15-17-8-3-1-4-9-17)14-21(26-23(19)20)24(27)29-16-18-10-5-2-6-11-18/h1-14H,15-16,25H2. The molecule has 0 atom stereocenters. The molecule has 5 nitrogen and oxygen atoms in total. The number of nitrogen functional groups attached to an aromatic ring is 1. The summed E-state index contributed by atoms with van der Waals surface area (Å²) >= 11 is 0. The van der Waals surface area contributed by atoms with Crippen molar-refractivity contribution in [2.24, 2.45) is 0 Å². The van der Waals surface area contributed by atoms with E-state index in [1.807, 2.05) is 72.8 Å². The van der Waals surface area contributed by atoms with Gasteiger partial charge in [-0.1, -0.05) is 66.7 Å². The van der Waals surface area contributed by atoms with Gasteiger partial charge in [0.1, 0.15) is 19.0 Å². The molecule has 0 aliphatic rings. The van der Waals surface area contributed by atoms with Crippen LogP contribution >= 0.6 is 0 Å². The summed E-state index contributed by atoms with van der Waals surface area (Å²) in [5.74, 6) is 0.0152. The normalized spacial score (nSPS) is 10.6. The van der Waals surface area contributed by atoms with E-state index in [-0.39, 0.29) is 12.3 Å². The second kappa shape index (κ2) is 8.44. The minimum absolute atomic E-state index is 0.161. The number of ether oxygens (including phenoxy) is 2. The van der Waals surface area contributed by atoms with Crippen LogP contribution in [0.5, 0.6) is 5.75 Å². The van der Waals surface area contributed by atoms with Crippen LogP contribution in [0.1, 0.15) is 21.6 Å². The van der Waals surface area contributed by atoms with Crippen molar-refractivity contribution in [2.75, 3.05) is 5.73 Å². The number of pyridine rings is 1. The van der Waals surface area contributed by atoms with Crippen molar-refractivity contribution in [3.8, 4) is 5.75 Å². The molecule has 0 aliphatic carbocycles. The summed E-state index contributed by atoms with van der Waals surface area (Å²) in [6.07, 6.45) is 0. The first-order valence-electron chi connectivity index (χ1n) is 9.28. The summed E-state index contributed by atoms with van der Waals surface area (Å²) in [7, 11) is 0. The van der Waals surface area contributed by atoms with Gasteiger partial charge >= 0.3 is 5.97 Å². The maximum atomic E-state index is 12.6. The number of carbonyl (C=O) groups excluding carboxylic acids is 1. The minimum Gasteiger partial charge on any atom is -0.488 e. The summed E-state index contributed by atoms with van der Waals surface area (Å²) in [5.41, 5.74) is 9.18. The lowest BCUT2D eigenvalue weighted by Crippen LogP contribution is -2.09. The third-order valence-corrected chi connectivity index (χ3v) is 4.49. The Bertz CT molecular complexity index is 1130. The number of nitrogens with two attached hydrogens (primary N) is 1. The van der Waals surface area contributed by atoms with Crippen molar-refractivity contribution < 1.29 is 14.3 Å². The molecular formula is C24H20N2O3. The van der Waals surface area contributed by atoms with Crippen molar-refractivity contribution in [3.05, 3.63) is 102 Å². The molecule has 1 heterocycles. The molecule has 0 spiro atoms. The quantitative estimate of drug-likeness (QED) is 0.383. The molecule has 0 unspecified atom stereocenters. The van der Waals surface area contributed by atoms with E-state index in [2.05, 4.69) is 4.98 Å². The Kier molecular flexibility index (Phi) is 5.38. The Balaban J connectivity index is 1.61. The zero-order chi connectivity index (χ0) is 20.1. The first-order valence-corrected chi connectivity index (χ1v) is 9.28. The summed E-state index contributed by atoms with van der Waals surface area (Å²) in [4.78, 5) is 17.0. The topological polar surface area (TPSA) is 74.4 Å². The summed E-state index contributed by atoms with van der Waals surface area (Å²) < 4.78 is 11.4. The van der Waals surface area contributed by atoms with Crippen LogP contribution in [0.15, 0.2) is 84.9 Å². The van der Waals surface area contributed by atoms with E-state index in [0.29, 0.717) is 23.6 Å². The van der Waals surface area contributed by atoms with Gasteiger partial charge in [0.15, 0.2) is 5.69 Å². The van der Waals surface area contributed by atoms with Crippen molar-refractivity contribution in [3.63, 3.8) is 0 Å². The average molecular weight is 384 g/mol. The van der Waals surface area contributed by atoms with E-state index in [1.54, 1.807) is 12.1 Å². The van der Waals surface area contributed by atoms with E-state index in [0.717, 1.165) is 16.5 Å². The molecule has 0 amide bonds. The van der Waals surface area contributed by atoms with Crippen LogP contribution in [0.4, 0.5) is 5.69 Å². The molecule has 4 aromatic rings. The van der Waals surface area contributed by atoms with Gasteiger partial charge in [0.05, 0.1) is 11.2 Å². The Morgan fingerprint density at radius 1 is 0.828 bits per heavy atom. The van der Waals surface area contributed by atoms with Crippen LogP contribution in [0.2, 0.25) is 0 Å². The first kappa shape index (κ1) is 18.5. The smallest absolute Gasteiger partial charge is 0.357 e. The number of nitrogens with zero attached hydrogens (tertiary/aromatic N) is 1. The van der Waals surface area contributed by atoms with E-state index >= 15 is 0 Å². The molecule has 0 bridgehead atoms. The number of anilines is 1. The third kappa shape index (κ3) is 4.35. The maximum absolute atomic E-state index is 12.6. The number of fused-ring (bicyclic) bond motifs is 1. The maximum Gasteiger partial charge on any atom is 0.357 e. The Morgan fingerprint density at radius 2 is 1.48 bits per heavy atom. The number of hydrogen-bond acceptors (Lipinski definition) is 5. The van der Waals surface area contributed by atoms with Gasteiger partial charge in [-0.05, 0) is 23.3 Å². The highest BCUT2D eigenvalue weighted by Crippen LogP contribution is 2.30. The van der Waals surface area contributed by atoms with Gasteiger partial charge in [0.25, 0.3) is 0 Å². The molecule has 0 aliphatic heterocycles. The van der Waals surface area contributed by atoms with Gasteiger partial charge < -0.3 is 15.2 Å². The zero-order valence-electron chi connectivity index (χ0n) is 15.7. The molecule has 5 heteroatoms. The Hall–Kier alpha value is -3.86. The van der Waals surface area contributed by atoms with Crippen LogP contribution in [0, 0.1) is 0 Å². The SMILES string of the molecule is Nc1cccc2c(OCc3ccccc3)cc(C(=O)OCc3ccccc3)nc12. The highest BCUT2D eigenvalue weighted by molar-refractivity contribution is 5.98. The van der Waals surface area contributed by atoms with Gasteiger partial charge in [-0.25, -0.2) is 9.78 Å². The third-order valence-electron chi connectivity index (χ3n) is 4.49. The molecule has 3 aromatic carbocycles. The molecule has 0 saturated heterocycles. The lowest BCUT2D eigenvalue weighted by Gasteiger charge is -2.12. The van der Waals surface area contributed by atoms with Gasteiger partial charge in [-0.3, -0.25) is 0 Å². The van der Waals surface area contributed by atoms with Crippen LogP contribution in [0.25, 0.3) is 10.9 Å². The molecule has 0 radical (unpaired) electrons. The van der Waals surface area contributed by atoms with Crippen molar-refractivity contribution in [2.45, 2.75) is 13.2 Å². The number of carbonyl (C=O) groups is 1. The monoisotopic (exact) mass is 384 g/mol. The highest BCUT2D eigenvalue weighted by Gasteiger charge is 2.16. The molecule has 1 aromatic heterocycles. The van der Waals surface area contributed by atoms with E-state index in [1.165, 1.54) is 0 Å². The fourth-order valence-corrected chi connectivity index (χ4v) is 3.00. The first-order chi connectivity index (χ1) is 14.2. The van der Waals surface area contributed by atoms with Crippen molar-refractivity contribution >= 4 is 22.6 Å². The summed E-state index contributed by atoms with van der Waals surface area (Å²) in [5, 5.41) is 0.751. The average Bonchev–Trinajstić information content (AvgIpc) is 2.77. The van der Waals surface area contributed by atoms with Crippen LogP contribution in [-0.4, -0.2) is 11.0 Å². The van der Waals surface area contributed by atoms with Gasteiger partial charge in [-0.2, -0.15) is 0 Å². The number of para-hydroxylation sites is 1. The molecule has 4 rings (SSSR count). The van der Waals surface area contributed by atoms with E-state index < -0.39 is 5.97 Å². The fourth-order valence-electron chi connectivity index (χ4n) is 3.00. The van der Waals surface area contributed by atoms with Crippen LogP contribution < -0.4 is 10.5 Å². The molecule has 2 N–H and O–H groups in total. The van der Waals surface area contributed by atoms with E-state index in [9.17, 15) is 4.79 Å². The number of aromatic nitrogens is 1. The van der Waals surface area contributed by atoms with Crippen LogP contribution in [-0.2, 0) is 18.0 Å². The predicted molar refractivity (Wildman–Crippen MR) is 112 cm³/mol. The lowest BCUT2D eigenvalue weighted by molar-refractivity contribution is 0.0465. The number of rotatable bonds is 6. The summed E-state index contributed by atoms with van der Waals surface area (Å²) in [6, 6.07) is 26.4. The largest absolute Gasteiger partial charge is 0.488 e. The van der Waals surface area contributed by atoms with E-state index in [4.69, 9.17) is 15.2 Å². The molecule has 0 fully saturated rings. The number of benzene rings is 3. The van der Waals surface area contributed by atoms with Crippen molar-refractivity contribution in [1.82, 2.24) is 4.98 Å². The molecule has 144 valence electrons. The molecule has 29 heavy (non-hydrogen) atoms. The van der Waals surface area contributed by atoms with Gasteiger partial charge in [0.2, 0.25) is 0 Å². The van der Waals surface area contributed by atoms with Gasteiger partial charge in [0, 0.05) is 11.5 Å². The minimum atomic E-state index is -0.524. The Morgan fingerprint density at radius 3 is 2.17 bits per heavy atom. The highest BCUT2D eigenvalue weighted by atomic mass is 16.5. The number of hydrogen-bond donors (Lipinski definition) is 1. The molecule has 0 saturated carbocycles. The van der Waals surface area contributed by atoms with Crippen molar-refractivity contribution in [1.29, 1.82) is 0 Å².